The largest absolute Gasteiger partial charge is 0.399 e. The summed E-state index contributed by atoms with van der Waals surface area (Å²) in [5.41, 5.74) is 13.2. The van der Waals surface area contributed by atoms with E-state index in [2.05, 4.69) is 12.1 Å². The average molecular weight is 178 g/mol. The molecule has 0 amide bonds. The Morgan fingerprint density at radius 3 is 2.23 bits per heavy atom. The number of nitrogen functional groups attached to an aromatic ring is 1. The zero-order valence-corrected chi connectivity index (χ0v) is 8.00. The lowest BCUT2D eigenvalue weighted by Crippen LogP contribution is -1.98. The van der Waals surface area contributed by atoms with E-state index in [1.807, 2.05) is 12.1 Å². The van der Waals surface area contributed by atoms with Crippen LogP contribution in [0.4, 0.5) is 5.69 Å². The van der Waals surface area contributed by atoms with E-state index in [1.54, 1.807) is 0 Å². The molecule has 0 atom stereocenters. The minimum atomic E-state index is 0.807. The maximum absolute atomic E-state index is 5.59. The molecule has 0 spiro atoms. The van der Waals surface area contributed by atoms with Crippen LogP contribution in [0.3, 0.4) is 0 Å². The van der Waals surface area contributed by atoms with E-state index in [4.69, 9.17) is 11.5 Å². The first kappa shape index (κ1) is 10.1. The third-order valence-electron chi connectivity index (χ3n) is 2.15. The van der Waals surface area contributed by atoms with Crippen LogP contribution in [0.15, 0.2) is 24.3 Å². The van der Waals surface area contributed by atoms with E-state index in [0.717, 1.165) is 25.1 Å². The number of aryl methyl sites for hydroxylation is 1. The van der Waals surface area contributed by atoms with E-state index in [1.165, 1.54) is 18.4 Å². The van der Waals surface area contributed by atoms with Crippen molar-refractivity contribution in [3.63, 3.8) is 0 Å². The van der Waals surface area contributed by atoms with Crippen molar-refractivity contribution in [2.45, 2.75) is 25.7 Å². The van der Waals surface area contributed by atoms with Crippen molar-refractivity contribution in [1.82, 2.24) is 0 Å². The van der Waals surface area contributed by atoms with E-state index in [0.29, 0.717) is 0 Å². The third-order valence-corrected chi connectivity index (χ3v) is 2.15. The van der Waals surface area contributed by atoms with E-state index < -0.39 is 0 Å². The Kier molecular flexibility index (Phi) is 4.33. The van der Waals surface area contributed by atoms with Gasteiger partial charge < -0.3 is 11.5 Å². The molecule has 1 rings (SSSR count). The summed E-state index contributed by atoms with van der Waals surface area (Å²) in [6.07, 6.45) is 4.72. The van der Waals surface area contributed by atoms with Crippen LogP contribution in [0.1, 0.15) is 24.8 Å². The van der Waals surface area contributed by atoms with Crippen molar-refractivity contribution in [2.75, 3.05) is 12.3 Å². The van der Waals surface area contributed by atoms with Crippen LogP contribution in [0, 0.1) is 0 Å². The fourth-order valence-corrected chi connectivity index (χ4v) is 1.33. The lowest BCUT2D eigenvalue weighted by atomic mass is 10.1. The Morgan fingerprint density at radius 1 is 0.923 bits per heavy atom. The first-order chi connectivity index (χ1) is 6.33. The van der Waals surface area contributed by atoms with Crippen LogP contribution in [0.25, 0.3) is 0 Å². The van der Waals surface area contributed by atoms with Crippen molar-refractivity contribution in [2.24, 2.45) is 5.73 Å². The van der Waals surface area contributed by atoms with Gasteiger partial charge in [-0.1, -0.05) is 18.6 Å². The Hall–Kier alpha value is -1.02. The van der Waals surface area contributed by atoms with Gasteiger partial charge in [0.1, 0.15) is 0 Å². The molecular formula is C11H18N2. The highest BCUT2D eigenvalue weighted by Gasteiger charge is 1.92. The van der Waals surface area contributed by atoms with Gasteiger partial charge in [0.2, 0.25) is 0 Å². The first-order valence-electron chi connectivity index (χ1n) is 4.87. The van der Waals surface area contributed by atoms with Crippen LogP contribution >= 0.6 is 0 Å². The molecule has 1 aromatic carbocycles. The van der Waals surface area contributed by atoms with Gasteiger partial charge in [-0.3, -0.25) is 0 Å². The summed E-state index contributed by atoms with van der Waals surface area (Å²) in [5.74, 6) is 0. The zero-order chi connectivity index (χ0) is 9.52. The molecule has 0 bridgehead atoms. The van der Waals surface area contributed by atoms with Gasteiger partial charge in [-0.25, -0.2) is 0 Å². The SMILES string of the molecule is NCCCCCc1ccc(N)cc1. The number of benzene rings is 1. The molecule has 4 N–H and O–H groups in total. The molecule has 2 heteroatoms. The second-order valence-corrected chi connectivity index (χ2v) is 3.34. The molecule has 0 aliphatic carbocycles. The lowest BCUT2D eigenvalue weighted by Gasteiger charge is -2.01. The van der Waals surface area contributed by atoms with Gasteiger partial charge in [-0.2, -0.15) is 0 Å². The molecule has 0 heterocycles. The van der Waals surface area contributed by atoms with Gasteiger partial charge in [0.05, 0.1) is 0 Å². The van der Waals surface area contributed by atoms with Gasteiger partial charge in [0.15, 0.2) is 0 Å². The van der Waals surface area contributed by atoms with Crippen molar-refractivity contribution < 1.29 is 0 Å². The predicted molar refractivity (Wildman–Crippen MR) is 57.5 cm³/mol. The Morgan fingerprint density at radius 2 is 1.62 bits per heavy atom. The second kappa shape index (κ2) is 5.60. The Bertz CT molecular complexity index is 228. The second-order valence-electron chi connectivity index (χ2n) is 3.34. The highest BCUT2D eigenvalue weighted by Crippen LogP contribution is 2.09. The van der Waals surface area contributed by atoms with Crippen molar-refractivity contribution >= 4 is 5.69 Å². The van der Waals surface area contributed by atoms with Crippen LogP contribution in [0.5, 0.6) is 0 Å². The maximum Gasteiger partial charge on any atom is 0.0314 e. The molecule has 13 heavy (non-hydrogen) atoms. The Balaban J connectivity index is 2.25. The molecule has 0 radical (unpaired) electrons. The van der Waals surface area contributed by atoms with Crippen molar-refractivity contribution in [1.29, 1.82) is 0 Å². The summed E-state index contributed by atoms with van der Waals surface area (Å²) in [7, 11) is 0. The summed E-state index contributed by atoms with van der Waals surface area (Å²) in [5, 5.41) is 0. The van der Waals surface area contributed by atoms with Gasteiger partial charge in [0, 0.05) is 5.69 Å². The molecule has 2 nitrogen and oxygen atoms in total. The van der Waals surface area contributed by atoms with Gasteiger partial charge in [-0.05, 0) is 43.5 Å². The third kappa shape index (κ3) is 3.95. The Labute approximate surface area is 79.9 Å². The maximum atomic E-state index is 5.59. The first-order valence-corrected chi connectivity index (χ1v) is 4.87. The molecule has 0 aliphatic heterocycles. The quantitative estimate of drug-likeness (QED) is 0.535. The van der Waals surface area contributed by atoms with E-state index in [-0.39, 0.29) is 0 Å². The lowest BCUT2D eigenvalue weighted by molar-refractivity contribution is 0.686. The standard InChI is InChI=1S/C11H18N2/c12-9-3-1-2-4-10-5-7-11(13)8-6-10/h5-8H,1-4,9,12-13H2. The molecule has 0 aromatic heterocycles. The minimum absolute atomic E-state index is 0.807. The summed E-state index contributed by atoms with van der Waals surface area (Å²) in [6.45, 7) is 0.807. The molecule has 0 saturated heterocycles. The summed E-state index contributed by atoms with van der Waals surface area (Å²) in [6, 6.07) is 8.10. The summed E-state index contributed by atoms with van der Waals surface area (Å²) < 4.78 is 0. The number of hydrogen-bond donors (Lipinski definition) is 2. The van der Waals surface area contributed by atoms with Gasteiger partial charge >= 0.3 is 0 Å². The highest BCUT2D eigenvalue weighted by molar-refractivity contribution is 5.39. The van der Waals surface area contributed by atoms with Crippen LogP contribution in [-0.4, -0.2) is 6.54 Å². The number of rotatable bonds is 5. The summed E-state index contributed by atoms with van der Waals surface area (Å²) in [4.78, 5) is 0. The molecular weight excluding hydrogens is 160 g/mol. The van der Waals surface area contributed by atoms with Crippen molar-refractivity contribution in [3.05, 3.63) is 29.8 Å². The fourth-order valence-electron chi connectivity index (χ4n) is 1.33. The highest BCUT2D eigenvalue weighted by atomic mass is 14.5. The van der Waals surface area contributed by atoms with E-state index >= 15 is 0 Å². The molecule has 0 aliphatic rings. The minimum Gasteiger partial charge on any atom is -0.399 e. The topological polar surface area (TPSA) is 52.0 Å². The smallest absolute Gasteiger partial charge is 0.0314 e. The predicted octanol–water partition coefficient (Wildman–Crippen LogP) is 1.94. The number of nitrogens with two attached hydrogens (primary N) is 2. The zero-order valence-electron chi connectivity index (χ0n) is 8.00. The molecule has 1 aromatic rings. The molecule has 0 unspecified atom stereocenters. The van der Waals surface area contributed by atoms with Crippen molar-refractivity contribution in [3.8, 4) is 0 Å². The fraction of sp³-hybridized carbons (Fsp3) is 0.455. The van der Waals surface area contributed by atoms with E-state index in [9.17, 15) is 0 Å². The number of unbranched alkanes of at least 4 members (excludes halogenated alkanes) is 2. The number of hydrogen-bond acceptors (Lipinski definition) is 2. The molecule has 0 saturated carbocycles. The monoisotopic (exact) mass is 178 g/mol. The molecule has 72 valence electrons. The summed E-state index contributed by atoms with van der Waals surface area (Å²) >= 11 is 0. The number of anilines is 1. The van der Waals surface area contributed by atoms with Gasteiger partial charge in [0.25, 0.3) is 0 Å². The van der Waals surface area contributed by atoms with Crippen LogP contribution < -0.4 is 11.5 Å². The van der Waals surface area contributed by atoms with Gasteiger partial charge in [-0.15, -0.1) is 0 Å². The van der Waals surface area contributed by atoms with Crippen LogP contribution in [-0.2, 0) is 6.42 Å². The van der Waals surface area contributed by atoms with Crippen LogP contribution in [0.2, 0.25) is 0 Å². The average Bonchev–Trinajstić information content (AvgIpc) is 2.15. The molecule has 0 fully saturated rings. The normalized spacial score (nSPS) is 10.2.